The average molecular weight is 575 g/mol. The number of halogens is 3. The molecule has 2 amide bonds. The number of hydrogen-bond acceptors (Lipinski definition) is 7. The number of fused-ring (bicyclic) bond motifs is 2. The Bertz CT molecular complexity index is 1580. The quantitative estimate of drug-likeness (QED) is 0.248. The highest BCUT2D eigenvalue weighted by Crippen LogP contribution is 2.19. The fourth-order valence-corrected chi connectivity index (χ4v) is 4.84. The number of carbonyl (C=O) groups is 3. The summed E-state index contributed by atoms with van der Waals surface area (Å²) in [6.07, 6.45) is -2.92. The number of nitrogens with zero attached hydrogens (tertiary/aromatic N) is 2. The largest absolute Gasteiger partial charge is 0.450 e. The molecule has 1 atom stereocenters. The van der Waals surface area contributed by atoms with Crippen molar-refractivity contribution in [3.63, 3.8) is 0 Å². The predicted octanol–water partition coefficient (Wildman–Crippen LogP) is 3.59. The first-order valence-corrected chi connectivity index (χ1v) is 13.4. The van der Waals surface area contributed by atoms with Gasteiger partial charge in [-0.3, -0.25) is 23.9 Å². The molecule has 0 saturated carbocycles. The normalized spacial score (nSPS) is 12.4. The van der Waals surface area contributed by atoms with E-state index in [0.29, 0.717) is 11.1 Å². The van der Waals surface area contributed by atoms with Crippen molar-refractivity contribution in [1.29, 1.82) is 0 Å². The van der Waals surface area contributed by atoms with Crippen molar-refractivity contribution >= 4 is 51.4 Å². The third-order valence-electron chi connectivity index (χ3n) is 5.97. The zero-order chi connectivity index (χ0) is 28.7. The second-order valence-corrected chi connectivity index (χ2v) is 10.0. The number of aromatic nitrogens is 2. The number of oxazole rings is 1. The highest BCUT2D eigenvalue weighted by Gasteiger charge is 2.37. The molecule has 0 radical (unpaired) electrons. The van der Waals surface area contributed by atoms with Gasteiger partial charge in [0, 0.05) is 18.1 Å². The number of ketones is 1. The molecule has 40 heavy (non-hydrogen) atoms. The minimum Gasteiger partial charge on any atom is -0.408 e. The van der Waals surface area contributed by atoms with E-state index in [-0.39, 0.29) is 25.1 Å². The summed E-state index contributed by atoms with van der Waals surface area (Å²) in [6, 6.07) is 14.9. The van der Waals surface area contributed by atoms with Crippen molar-refractivity contribution in [2.24, 2.45) is 0 Å². The monoisotopic (exact) mass is 574 g/mol. The van der Waals surface area contributed by atoms with Gasteiger partial charge in [0.15, 0.2) is 5.58 Å². The second kappa shape index (κ2) is 12.8. The summed E-state index contributed by atoms with van der Waals surface area (Å²) in [5, 5.41) is 6.26. The van der Waals surface area contributed by atoms with E-state index in [0.717, 1.165) is 32.8 Å². The van der Waals surface area contributed by atoms with Crippen LogP contribution in [0, 0.1) is 0 Å². The van der Waals surface area contributed by atoms with Gasteiger partial charge in [0.1, 0.15) is 12.6 Å². The van der Waals surface area contributed by atoms with Crippen molar-refractivity contribution in [2.45, 2.75) is 38.1 Å². The predicted molar refractivity (Wildman–Crippen MR) is 144 cm³/mol. The number of alkyl halides is 3. The molecule has 2 aromatic heterocycles. The van der Waals surface area contributed by atoms with Crippen LogP contribution in [0.2, 0.25) is 0 Å². The van der Waals surface area contributed by atoms with Gasteiger partial charge in [-0.2, -0.15) is 24.9 Å². The fourth-order valence-electron chi connectivity index (χ4n) is 3.98. The lowest BCUT2D eigenvalue weighted by Crippen LogP contribution is -2.47. The van der Waals surface area contributed by atoms with Gasteiger partial charge in [-0.15, -0.1) is 0 Å². The number of hydrogen-bond donors (Lipinski definition) is 2. The van der Waals surface area contributed by atoms with Crippen molar-refractivity contribution in [3.05, 3.63) is 76.9 Å². The van der Waals surface area contributed by atoms with Gasteiger partial charge < -0.3 is 15.1 Å². The van der Waals surface area contributed by atoms with Gasteiger partial charge in [0.05, 0.1) is 16.8 Å². The van der Waals surface area contributed by atoms with Crippen molar-refractivity contribution in [3.8, 4) is 0 Å². The summed E-state index contributed by atoms with van der Waals surface area (Å²) in [5.74, 6) is -4.25. The van der Waals surface area contributed by atoms with E-state index in [1.165, 1.54) is 0 Å². The summed E-state index contributed by atoms with van der Waals surface area (Å²) in [7, 11) is 0. The maximum absolute atomic E-state index is 13.1. The van der Waals surface area contributed by atoms with Crippen LogP contribution in [-0.4, -0.2) is 50.9 Å². The fraction of sp³-hybridized carbons (Fsp3) is 0.296. The van der Waals surface area contributed by atoms with Gasteiger partial charge in [-0.25, -0.2) is 4.79 Å². The molecule has 9 nitrogen and oxygen atoms in total. The molecule has 0 fully saturated rings. The van der Waals surface area contributed by atoms with Gasteiger partial charge in [0.25, 0.3) is 0 Å². The first kappa shape index (κ1) is 28.9. The number of para-hydroxylation sites is 3. The van der Waals surface area contributed by atoms with Crippen LogP contribution in [0.5, 0.6) is 0 Å². The first-order valence-electron chi connectivity index (χ1n) is 12.3. The highest BCUT2D eigenvalue weighted by atomic mass is 32.2. The van der Waals surface area contributed by atoms with Crippen LogP contribution in [0.4, 0.5) is 13.2 Å². The molecule has 0 bridgehead atoms. The number of thioether (sulfide) groups is 1. The van der Waals surface area contributed by atoms with E-state index in [9.17, 15) is 32.3 Å². The topological polar surface area (TPSA) is 123 Å². The molecule has 0 aliphatic rings. The van der Waals surface area contributed by atoms with Gasteiger partial charge >= 0.3 is 11.9 Å². The van der Waals surface area contributed by atoms with Crippen molar-refractivity contribution in [1.82, 2.24) is 20.2 Å². The van der Waals surface area contributed by atoms with E-state index in [1.54, 1.807) is 30.5 Å². The Morgan fingerprint density at radius 2 is 1.82 bits per heavy atom. The van der Waals surface area contributed by atoms with E-state index in [2.05, 4.69) is 15.6 Å². The molecule has 2 heterocycles. The van der Waals surface area contributed by atoms with Gasteiger partial charge in [-0.1, -0.05) is 30.3 Å². The lowest BCUT2D eigenvalue weighted by Gasteiger charge is -2.19. The molecule has 0 aliphatic carbocycles. The standard InChI is InChI=1S/C27H25F3N4O5S/c28-27(29,30)23(35)16-40-11-5-8-20(25(37)32-14-17-12-18-6-1-2-7-19(18)31-13-17)33-24(36)15-34-21-9-3-4-10-22(21)39-26(34)38/h1-4,6-7,9-10,12-13,20H,5,8,11,14-16H2,(H,32,37)(H,33,36)/t20-/m0/s1. The van der Waals surface area contributed by atoms with E-state index >= 15 is 0 Å². The maximum atomic E-state index is 13.1. The van der Waals surface area contributed by atoms with E-state index in [4.69, 9.17) is 4.42 Å². The van der Waals surface area contributed by atoms with Crippen LogP contribution < -0.4 is 16.4 Å². The molecular weight excluding hydrogens is 549 g/mol. The Hall–Kier alpha value is -4.13. The Morgan fingerprint density at radius 3 is 2.62 bits per heavy atom. The summed E-state index contributed by atoms with van der Waals surface area (Å²) in [4.78, 5) is 53.6. The number of benzene rings is 2. The van der Waals surface area contributed by atoms with Gasteiger partial charge in [-0.05, 0) is 48.4 Å². The maximum Gasteiger partial charge on any atom is 0.450 e. The van der Waals surface area contributed by atoms with Crippen molar-refractivity contribution in [2.75, 3.05) is 11.5 Å². The van der Waals surface area contributed by atoms with Crippen LogP contribution in [0.25, 0.3) is 22.0 Å². The van der Waals surface area contributed by atoms with E-state index < -0.39 is 47.9 Å². The molecule has 0 saturated heterocycles. The smallest absolute Gasteiger partial charge is 0.408 e. The van der Waals surface area contributed by atoms with E-state index in [1.807, 2.05) is 30.3 Å². The molecule has 2 N–H and O–H groups in total. The third kappa shape index (κ3) is 7.50. The second-order valence-electron chi connectivity index (χ2n) is 8.91. The summed E-state index contributed by atoms with van der Waals surface area (Å²) >= 11 is 0.799. The Morgan fingerprint density at radius 1 is 1.07 bits per heavy atom. The van der Waals surface area contributed by atoms with Crippen LogP contribution in [-0.2, 0) is 27.5 Å². The lowest BCUT2D eigenvalue weighted by atomic mass is 10.1. The molecule has 0 unspecified atom stereocenters. The number of Topliss-reactive ketones (excluding diaryl/α,β-unsaturated/α-hetero) is 1. The summed E-state index contributed by atoms with van der Waals surface area (Å²) < 4.78 is 43.6. The van der Waals surface area contributed by atoms with Crippen LogP contribution >= 0.6 is 11.8 Å². The van der Waals surface area contributed by atoms with Gasteiger partial charge in [0.2, 0.25) is 17.6 Å². The minimum atomic E-state index is -4.89. The molecule has 0 spiro atoms. The summed E-state index contributed by atoms with van der Waals surface area (Å²) in [6.45, 7) is -0.271. The molecule has 210 valence electrons. The summed E-state index contributed by atoms with van der Waals surface area (Å²) in [5.41, 5.74) is 2.25. The Labute approximate surface area is 230 Å². The number of carbonyl (C=O) groups excluding carboxylic acids is 3. The van der Waals surface area contributed by atoms with Crippen LogP contribution in [0.1, 0.15) is 18.4 Å². The Balaban J connectivity index is 1.39. The zero-order valence-corrected chi connectivity index (χ0v) is 21.9. The molecule has 4 aromatic rings. The Kier molecular flexibility index (Phi) is 9.25. The number of rotatable bonds is 12. The minimum absolute atomic E-state index is 0.0990. The zero-order valence-electron chi connectivity index (χ0n) is 21.1. The molecular formula is C27H25F3N4O5S. The lowest BCUT2D eigenvalue weighted by molar-refractivity contribution is -0.167. The van der Waals surface area contributed by atoms with Crippen molar-refractivity contribution < 1.29 is 32.0 Å². The third-order valence-corrected chi connectivity index (χ3v) is 7.02. The molecule has 2 aromatic carbocycles. The first-order chi connectivity index (χ1) is 19.1. The highest BCUT2D eigenvalue weighted by molar-refractivity contribution is 7.99. The SMILES string of the molecule is O=C(Cn1c(=O)oc2ccccc21)N[C@@H](CCCSCC(=O)C(F)(F)F)C(=O)NCc1cnc2ccccc2c1. The van der Waals surface area contributed by atoms with Crippen LogP contribution in [0.3, 0.4) is 0 Å². The number of amides is 2. The average Bonchev–Trinajstić information content (AvgIpc) is 3.24. The van der Waals surface area contributed by atoms with Crippen LogP contribution in [0.15, 0.2) is 70.0 Å². The molecule has 13 heteroatoms. The number of nitrogens with one attached hydrogen (secondary N) is 2. The number of pyridine rings is 1. The molecule has 4 rings (SSSR count). The molecule has 0 aliphatic heterocycles.